The Morgan fingerprint density at radius 1 is 1.22 bits per heavy atom. The van der Waals surface area contributed by atoms with E-state index in [-0.39, 0.29) is 10.7 Å². The molecular weight excluding hydrogens is 452 g/mol. The second-order valence-corrected chi connectivity index (χ2v) is 7.49. The summed E-state index contributed by atoms with van der Waals surface area (Å²) in [6.45, 7) is 1.86. The number of aryl methyl sites for hydroxylation is 1. The van der Waals surface area contributed by atoms with E-state index in [9.17, 15) is 9.59 Å². The van der Waals surface area contributed by atoms with E-state index in [4.69, 9.17) is 28.6 Å². The predicted molar refractivity (Wildman–Crippen MR) is 113 cm³/mol. The molecule has 1 saturated heterocycles. The zero-order valence-electron chi connectivity index (χ0n) is 14.4. The number of benzene rings is 2. The molecule has 0 bridgehead atoms. The van der Waals surface area contributed by atoms with Crippen LogP contribution in [0, 0.1) is 6.92 Å². The van der Waals surface area contributed by atoms with Gasteiger partial charge in [-0.25, -0.2) is 0 Å². The third kappa shape index (κ3) is 3.90. The molecule has 2 aromatic carbocycles. The highest BCUT2D eigenvalue weighted by atomic mass is 79.9. The summed E-state index contributed by atoms with van der Waals surface area (Å²) in [6.07, 6.45) is 1.48. The molecule has 0 radical (unpaired) electrons. The summed E-state index contributed by atoms with van der Waals surface area (Å²) < 4.78 is 6.10. The second-order valence-electron chi connectivity index (χ2n) is 5.78. The summed E-state index contributed by atoms with van der Waals surface area (Å²) in [5.74, 6) is -0.573. The van der Waals surface area contributed by atoms with E-state index < -0.39 is 11.8 Å². The van der Waals surface area contributed by atoms with Gasteiger partial charge in [0.25, 0.3) is 11.8 Å². The number of anilines is 1. The molecule has 8 heteroatoms. The molecule has 5 nitrogen and oxygen atoms in total. The second kappa shape index (κ2) is 7.80. The van der Waals surface area contributed by atoms with Gasteiger partial charge in [0.05, 0.1) is 12.8 Å². The fourth-order valence-electron chi connectivity index (χ4n) is 2.59. The van der Waals surface area contributed by atoms with Gasteiger partial charge in [-0.3, -0.25) is 19.8 Å². The molecule has 1 N–H and O–H groups in total. The van der Waals surface area contributed by atoms with Crippen LogP contribution in [0.1, 0.15) is 11.1 Å². The molecule has 0 aliphatic carbocycles. The van der Waals surface area contributed by atoms with Crippen molar-refractivity contribution < 1.29 is 14.3 Å². The van der Waals surface area contributed by atoms with Crippen LogP contribution in [0.4, 0.5) is 5.69 Å². The van der Waals surface area contributed by atoms with Gasteiger partial charge in [0.2, 0.25) is 0 Å². The highest BCUT2D eigenvalue weighted by Crippen LogP contribution is 2.29. The van der Waals surface area contributed by atoms with Crippen LogP contribution in [0.2, 0.25) is 5.02 Å². The number of halogens is 2. The van der Waals surface area contributed by atoms with Crippen molar-refractivity contribution in [2.75, 3.05) is 12.0 Å². The van der Waals surface area contributed by atoms with Crippen molar-refractivity contribution in [2.24, 2.45) is 0 Å². The number of nitrogens with zero attached hydrogens (tertiary/aromatic N) is 1. The Bertz CT molecular complexity index is 1010. The van der Waals surface area contributed by atoms with Gasteiger partial charge in [-0.2, -0.15) is 0 Å². The smallest absolute Gasteiger partial charge is 0.270 e. The van der Waals surface area contributed by atoms with Gasteiger partial charge in [0, 0.05) is 15.1 Å². The van der Waals surface area contributed by atoms with E-state index in [1.54, 1.807) is 36.4 Å². The Hall–Kier alpha value is -2.22. The number of carbonyl (C=O) groups is 2. The number of hydrogen-bond donors (Lipinski definition) is 1. The molecule has 3 rings (SSSR count). The molecule has 2 amide bonds. The summed E-state index contributed by atoms with van der Waals surface area (Å²) in [4.78, 5) is 26.7. The standard InChI is InChI=1S/C19H14BrClN2O3S/c1-10-3-5-13(9-15(10)21)23-18(25)14(17(24)22-19(23)27)8-11-7-12(20)4-6-16(11)26-2/h3-9H,1-2H3,(H,22,24,27)/b14-8+. The third-order valence-electron chi connectivity index (χ3n) is 4.01. The normalized spacial score (nSPS) is 15.9. The maximum atomic E-state index is 13.0. The lowest BCUT2D eigenvalue weighted by Gasteiger charge is -2.29. The van der Waals surface area contributed by atoms with Crippen LogP contribution in [0.3, 0.4) is 0 Å². The number of ether oxygens (including phenoxy) is 1. The lowest BCUT2D eigenvalue weighted by Crippen LogP contribution is -2.54. The summed E-state index contributed by atoms with van der Waals surface area (Å²) >= 11 is 14.7. The summed E-state index contributed by atoms with van der Waals surface area (Å²) in [6, 6.07) is 10.4. The van der Waals surface area contributed by atoms with Crippen molar-refractivity contribution in [1.82, 2.24) is 5.32 Å². The van der Waals surface area contributed by atoms with Crippen molar-refractivity contribution in [3.63, 3.8) is 0 Å². The molecule has 1 aliphatic rings. The maximum Gasteiger partial charge on any atom is 0.270 e. The first-order valence-electron chi connectivity index (χ1n) is 7.83. The van der Waals surface area contributed by atoms with E-state index in [1.807, 2.05) is 6.92 Å². The molecule has 0 aromatic heterocycles. The minimum atomic E-state index is -0.568. The molecule has 2 aromatic rings. The monoisotopic (exact) mass is 464 g/mol. The van der Waals surface area contributed by atoms with Crippen molar-refractivity contribution in [3.8, 4) is 5.75 Å². The van der Waals surface area contributed by atoms with Crippen LogP contribution in [0.25, 0.3) is 6.08 Å². The first-order chi connectivity index (χ1) is 12.8. The van der Waals surface area contributed by atoms with Gasteiger partial charge in [-0.15, -0.1) is 0 Å². The van der Waals surface area contributed by atoms with Gasteiger partial charge < -0.3 is 4.74 Å². The number of nitrogens with one attached hydrogen (secondary N) is 1. The largest absolute Gasteiger partial charge is 0.496 e. The summed E-state index contributed by atoms with van der Waals surface area (Å²) in [7, 11) is 1.52. The quantitative estimate of drug-likeness (QED) is 0.418. The SMILES string of the molecule is COc1ccc(Br)cc1/C=C1\C(=O)NC(=S)N(c2ccc(C)c(Cl)c2)C1=O. The van der Waals surface area contributed by atoms with Crippen LogP contribution in [0.5, 0.6) is 5.75 Å². The first kappa shape index (κ1) is 19.5. The van der Waals surface area contributed by atoms with Crippen molar-refractivity contribution in [1.29, 1.82) is 0 Å². The Morgan fingerprint density at radius 3 is 2.63 bits per heavy atom. The van der Waals surface area contributed by atoms with Gasteiger partial charge in [-0.1, -0.05) is 33.6 Å². The zero-order valence-corrected chi connectivity index (χ0v) is 17.5. The summed E-state index contributed by atoms with van der Waals surface area (Å²) in [5.41, 5.74) is 1.87. The first-order valence-corrected chi connectivity index (χ1v) is 9.41. The Kier molecular flexibility index (Phi) is 5.64. The average Bonchev–Trinajstić information content (AvgIpc) is 2.61. The lowest BCUT2D eigenvalue weighted by atomic mass is 10.1. The number of thiocarbonyl (C=S) groups is 1. The predicted octanol–water partition coefficient (Wildman–Crippen LogP) is 4.25. The highest BCUT2D eigenvalue weighted by molar-refractivity contribution is 9.10. The van der Waals surface area contributed by atoms with E-state index in [0.717, 1.165) is 10.0 Å². The Balaban J connectivity index is 2.07. The van der Waals surface area contributed by atoms with Gasteiger partial charge in [0.15, 0.2) is 5.11 Å². The molecule has 1 aliphatic heterocycles. The molecule has 27 heavy (non-hydrogen) atoms. The molecule has 0 spiro atoms. The number of hydrogen-bond acceptors (Lipinski definition) is 4. The zero-order chi connectivity index (χ0) is 19.7. The Labute approximate surface area is 175 Å². The van der Waals surface area contributed by atoms with E-state index >= 15 is 0 Å². The Morgan fingerprint density at radius 2 is 1.96 bits per heavy atom. The van der Waals surface area contributed by atoms with Crippen LogP contribution < -0.4 is 15.0 Å². The minimum Gasteiger partial charge on any atom is -0.496 e. The number of rotatable bonds is 3. The molecule has 0 atom stereocenters. The molecule has 0 unspecified atom stereocenters. The highest BCUT2D eigenvalue weighted by Gasteiger charge is 2.34. The third-order valence-corrected chi connectivity index (χ3v) is 5.19. The maximum absolute atomic E-state index is 13.0. The lowest BCUT2D eigenvalue weighted by molar-refractivity contribution is -0.122. The van der Waals surface area contributed by atoms with Crippen LogP contribution >= 0.6 is 39.7 Å². The molecule has 1 heterocycles. The van der Waals surface area contributed by atoms with Gasteiger partial charge in [-0.05, 0) is 61.1 Å². The number of methoxy groups -OCH3 is 1. The van der Waals surface area contributed by atoms with E-state index in [2.05, 4.69) is 21.2 Å². The van der Waals surface area contributed by atoms with Crippen LogP contribution in [0.15, 0.2) is 46.4 Å². The van der Waals surface area contributed by atoms with Crippen LogP contribution in [-0.4, -0.2) is 24.0 Å². The van der Waals surface area contributed by atoms with Crippen molar-refractivity contribution in [2.45, 2.75) is 6.92 Å². The molecule has 0 saturated carbocycles. The van der Waals surface area contributed by atoms with Crippen molar-refractivity contribution >= 4 is 68.4 Å². The number of carbonyl (C=O) groups excluding carboxylic acids is 2. The van der Waals surface area contributed by atoms with Gasteiger partial charge in [0.1, 0.15) is 11.3 Å². The minimum absolute atomic E-state index is 0.00303. The fraction of sp³-hybridized carbons (Fsp3) is 0.105. The fourth-order valence-corrected chi connectivity index (χ4v) is 3.42. The average molecular weight is 466 g/mol. The van der Waals surface area contributed by atoms with E-state index in [0.29, 0.717) is 22.0 Å². The van der Waals surface area contributed by atoms with Crippen molar-refractivity contribution in [3.05, 3.63) is 62.6 Å². The number of amides is 2. The molecule has 138 valence electrons. The molecular formula is C19H14BrClN2O3S. The van der Waals surface area contributed by atoms with E-state index in [1.165, 1.54) is 18.1 Å². The molecule has 1 fully saturated rings. The van der Waals surface area contributed by atoms with Gasteiger partial charge >= 0.3 is 0 Å². The summed E-state index contributed by atoms with van der Waals surface area (Å²) in [5, 5.41) is 3.05. The topological polar surface area (TPSA) is 58.6 Å². The van der Waals surface area contributed by atoms with Crippen LogP contribution in [-0.2, 0) is 9.59 Å².